The smallest absolute Gasteiger partial charge is 0.276 e. The van der Waals surface area contributed by atoms with E-state index in [1.807, 2.05) is 0 Å². The van der Waals surface area contributed by atoms with Crippen LogP contribution in [0.1, 0.15) is 28.3 Å². The maximum absolute atomic E-state index is 12.9. The van der Waals surface area contributed by atoms with Crippen LogP contribution in [0.25, 0.3) is 0 Å². The lowest BCUT2D eigenvalue weighted by atomic mass is 10.1. The second kappa shape index (κ2) is 9.02. The number of hydroxylamine groups is 1. The Labute approximate surface area is 212 Å². The second-order valence-corrected chi connectivity index (χ2v) is 10.6. The summed E-state index contributed by atoms with van der Waals surface area (Å²) in [4.78, 5) is 30.0. The first kappa shape index (κ1) is 24.8. The number of rotatable bonds is 7. The van der Waals surface area contributed by atoms with Gasteiger partial charge < -0.3 is 5.32 Å². The molecule has 0 radical (unpaired) electrons. The van der Waals surface area contributed by atoms with Crippen LogP contribution in [0.4, 0.5) is 14.5 Å². The summed E-state index contributed by atoms with van der Waals surface area (Å²) in [6, 6.07) is 9.02. The van der Waals surface area contributed by atoms with Crippen LogP contribution in [0, 0.1) is 11.8 Å². The fourth-order valence-corrected chi connectivity index (χ4v) is 5.11. The van der Waals surface area contributed by atoms with E-state index in [-0.39, 0.29) is 29.3 Å². The highest BCUT2D eigenvalue weighted by molar-refractivity contribution is 6.53. The fourth-order valence-electron chi connectivity index (χ4n) is 3.53. The molecule has 0 saturated heterocycles. The van der Waals surface area contributed by atoms with E-state index in [1.165, 1.54) is 18.2 Å². The van der Waals surface area contributed by atoms with Gasteiger partial charge in [0.05, 0.1) is 29.0 Å². The first-order chi connectivity index (χ1) is 15.4. The van der Waals surface area contributed by atoms with Crippen LogP contribution in [0.2, 0.25) is 15.1 Å². The number of halogens is 7. The van der Waals surface area contributed by atoms with Crippen molar-refractivity contribution in [2.75, 3.05) is 11.9 Å². The van der Waals surface area contributed by atoms with Crippen molar-refractivity contribution in [1.29, 1.82) is 0 Å². The Morgan fingerprint density at radius 3 is 2.30 bits per heavy atom. The summed E-state index contributed by atoms with van der Waals surface area (Å²) < 4.78 is 24.4. The van der Waals surface area contributed by atoms with Crippen molar-refractivity contribution >= 4 is 75.5 Å². The lowest BCUT2D eigenvalue weighted by Gasteiger charge is -2.10. The van der Waals surface area contributed by atoms with Crippen molar-refractivity contribution in [2.24, 2.45) is 11.8 Å². The minimum absolute atomic E-state index is 0.0194. The molecule has 2 aromatic rings. The molecule has 5 nitrogen and oxygen atoms in total. The first-order valence-electron chi connectivity index (χ1n) is 9.64. The molecule has 2 fully saturated rings. The second-order valence-electron chi connectivity index (χ2n) is 7.92. The molecule has 2 aromatic carbocycles. The summed E-state index contributed by atoms with van der Waals surface area (Å²) in [5.41, 5.74) is 2.93. The van der Waals surface area contributed by atoms with Gasteiger partial charge in [0.15, 0.2) is 0 Å². The molecule has 0 spiro atoms. The van der Waals surface area contributed by atoms with E-state index in [0.717, 1.165) is 0 Å². The molecule has 33 heavy (non-hydrogen) atoms. The van der Waals surface area contributed by atoms with Gasteiger partial charge in [0, 0.05) is 28.1 Å². The van der Waals surface area contributed by atoms with Crippen LogP contribution in [0.15, 0.2) is 36.4 Å². The Morgan fingerprint density at radius 1 is 1.06 bits per heavy atom. The predicted octanol–water partition coefficient (Wildman–Crippen LogP) is 6.49. The van der Waals surface area contributed by atoms with Crippen molar-refractivity contribution in [1.82, 2.24) is 5.48 Å². The van der Waals surface area contributed by atoms with E-state index in [0.29, 0.717) is 15.6 Å². The van der Waals surface area contributed by atoms with Crippen molar-refractivity contribution in [3.63, 3.8) is 0 Å². The molecule has 12 heteroatoms. The SMILES string of the molecule is O=C(NOCC1CC1(F)F)c1cc(NC(=O)C2C(c3cc(Cl)cc(Cl)c3)C2(Cl)Cl)ccc1Cl. The summed E-state index contributed by atoms with van der Waals surface area (Å²) in [7, 11) is 0. The van der Waals surface area contributed by atoms with Crippen molar-refractivity contribution in [3.8, 4) is 0 Å². The number of hydrogen-bond acceptors (Lipinski definition) is 3. The molecule has 3 unspecified atom stereocenters. The van der Waals surface area contributed by atoms with E-state index in [9.17, 15) is 18.4 Å². The Kier molecular flexibility index (Phi) is 6.77. The third-order valence-electron chi connectivity index (χ3n) is 5.46. The molecule has 4 rings (SSSR count). The summed E-state index contributed by atoms with van der Waals surface area (Å²) >= 11 is 30.8. The minimum atomic E-state index is -2.76. The van der Waals surface area contributed by atoms with Crippen LogP contribution < -0.4 is 10.8 Å². The van der Waals surface area contributed by atoms with Crippen LogP contribution in [-0.2, 0) is 9.63 Å². The lowest BCUT2D eigenvalue weighted by molar-refractivity contribution is -0.117. The summed E-state index contributed by atoms with van der Waals surface area (Å²) in [6.07, 6.45) is -0.280. The number of benzene rings is 2. The third-order valence-corrected chi connectivity index (χ3v) is 7.17. The molecule has 0 aliphatic heterocycles. The van der Waals surface area contributed by atoms with Crippen LogP contribution in [0.3, 0.4) is 0 Å². The molecule has 0 bridgehead atoms. The molecule has 2 amide bonds. The first-order valence-corrected chi connectivity index (χ1v) is 11.5. The van der Waals surface area contributed by atoms with Gasteiger partial charge in [0.2, 0.25) is 5.91 Å². The van der Waals surface area contributed by atoms with Crippen molar-refractivity contribution in [2.45, 2.75) is 22.6 Å². The molecule has 2 aliphatic carbocycles. The van der Waals surface area contributed by atoms with Gasteiger partial charge in [-0.2, -0.15) is 0 Å². The van der Waals surface area contributed by atoms with E-state index >= 15 is 0 Å². The molecular formula is C21H15Cl5F2N2O3. The maximum atomic E-state index is 12.9. The lowest BCUT2D eigenvalue weighted by Crippen LogP contribution is -2.26. The van der Waals surface area contributed by atoms with E-state index in [2.05, 4.69) is 10.8 Å². The van der Waals surface area contributed by atoms with Gasteiger partial charge in [-0.05, 0) is 42.0 Å². The van der Waals surface area contributed by atoms with Gasteiger partial charge in [-0.25, -0.2) is 14.3 Å². The van der Waals surface area contributed by atoms with Gasteiger partial charge in [-0.3, -0.25) is 14.4 Å². The van der Waals surface area contributed by atoms with Gasteiger partial charge in [-0.1, -0.05) is 34.8 Å². The van der Waals surface area contributed by atoms with E-state index in [4.69, 9.17) is 62.8 Å². The molecule has 2 aliphatic rings. The predicted molar refractivity (Wildman–Crippen MR) is 124 cm³/mol. The summed E-state index contributed by atoms with van der Waals surface area (Å²) in [5.74, 6) is -6.26. The van der Waals surface area contributed by atoms with Crippen molar-refractivity contribution < 1.29 is 23.2 Å². The van der Waals surface area contributed by atoms with E-state index < -0.39 is 39.8 Å². The molecule has 0 aromatic heterocycles. The van der Waals surface area contributed by atoms with Crippen LogP contribution in [-0.4, -0.2) is 28.7 Å². The maximum Gasteiger partial charge on any atom is 0.276 e. The highest BCUT2D eigenvalue weighted by atomic mass is 35.5. The van der Waals surface area contributed by atoms with Gasteiger partial charge in [0.25, 0.3) is 11.8 Å². The number of carbonyl (C=O) groups excluding carboxylic acids is 2. The Morgan fingerprint density at radius 2 is 1.70 bits per heavy atom. The largest absolute Gasteiger partial charge is 0.326 e. The highest BCUT2D eigenvalue weighted by Crippen LogP contribution is 2.65. The molecule has 176 valence electrons. The fraction of sp³-hybridized carbons (Fsp3) is 0.333. The number of anilines is 1. The minimum Gasteiger partial charge on any atom is -0.326 e. The monoisotopic (exact) mass is 556 g/mol. The molecule has 2 N–H and O–H groups in total. The normalized spacial score (nSPS) is 24.2. The number of amides is 2. The van der Waals surface area contributed by atoms with Crippen LogP contribution >= 0.6 is 58.0 Å². The summed E-state index contributed by atoms with van der Waals surface area (Å²) in [5, 5.41) is 3.50. The Bertz CT molecular complexity index is 1110. The number of alkyl halides is 4. The average Bonchev–Trinajstić information content (AvgIpc) is 3.52. The third kappa shape index (κ3) is 5.34. The standard InChI is InChI=1S/C21H15Cl5F2N2O3/c22-11-3-9(4-12(23)5-11)16-17(21(16,25)26)19(32)29-13-1-2-15(24)14(6-13)18(31)30-33-8-10-7-20(10,27)28/h1-6,10,16-17H,7-8H2,(H,29,32)(H,30,31). The topological polar surface area (TPSA) is 67.4 Å². The molecule has 0 heterocycles. The Hall–Kier alpha value is -1.35. The Balaban J connectivity index is 1.41. The molecular weight excluding hydrogens is 544 g/mol. The zero-order valence-corrected chi connectivity index (χ0v) is 20.3. The quantitative estimate of drug-likeness (QED) is 0.302. The van der Waals surface area contributed by atoms with Gasteiger partial charge >= 0.3 is 0 Å². The number of carbonyl (C=O) groups is 2. The average molecular weight is 559 g/mol. The molecule has 2 saturated carbocycles. The number of hydrogen-bond donors (Lipinski definition) is 2. The van der Waals surface area contributed by atoms with Gasteiger partial charge in [0.1, 0.15) is 4.33 Å². The van der Waals surface area contributed by atoms with E-state index in [1.54, 1.807) is 18.2 Å². The highest BCUT2D eigenvalue weighted by Gasteiger charge is 2.67. The van der Waals surface area contributed by atoms with Crippen LogP contribution in [0.5, 0.6) is 0 Å². The number of nitrogens with one attached hydrogen (secondary N) is 2. The summed E-state index contributed by atoms with van der Waals surface area (Å²) in [6.45, 7) is -0.323. The zero-order chi connectivity index (χ0) is 24.1. The van der Waals surface area contributed by atoms with Crippen molar-refractivity contribution in [3.05, 3.63) is 62.6 Å². The molecule has 3 atom stereocenters. The zero-order valence-electron chi connectivity index (χ0n) is 16.5. The van der Waals surface area contributed by atoms with Gasteiger partial charge in [-0.15, -0.1) is 23.2 Å².